The van der Waals surface area contributed by atoms with Crippen molar-refractivity contribution in [3.63, 3.8) is 0 Å². The Morgan fingerprint density at radius 2 is 1.58 bits per heavy atom. The van der Waals surface area contributed by atoms with Gasteiger partial charge in [0.2, 0.25) is 0 Å². The Bertz CT molecular complexity index is 711. The molecule has 3 nitrogen and oxygen atoms in total. The van der Waals surface area contributed by atoms with E-state index in [0.29, 0.717) is 13.2 Å². The van der Waals surface area contributed by atoms with Crippen molar-refractivity contribution in [1.29, 1.82) is 0 Å². The van der Waals surface area contributed by atoms with Crippen molar-refractivity contribution in [2.45, 2.75) is 20.1 Å². The molecule has 0 aliphatic heterocycles. The van der Waals surface area contributed by atoms with Crippen LogP contribution in [-0.4, -0.2) is 5.11 Å². The van der Waals surface area contributed by atoms with E-state index >= 15 is 0 Å². The molecule has 0 saturated heterocycles. The van der Waals surface area contributed by atoms with Gasteiger partial charge in [-0.25, -0.2) is 0 Å². The number of phenols is 1. The third kappa shape index (κ3) is 4.29. The third-order valence-electron chi connectivity index (χ3n) is 3.84. The van der Waals surface area contributed by atoms with Crippen molar-refractivity contribution in [3.8, 4) is 11.5 Å². The van der Waals surface area contributed by atoms with Crippen LogP contribution in [-0.2, 0) is 13.2 Å². The highest BCUT2D eigenvalue weighted by molar-refractivity contribution is 5.47. The standard InChI is InChI=1S/C21H21NO2/c1-16-6-8-17(9-7-16)15-24-21-5-3-2-4-18(21)14-22-19-10-12-20(23)13-11-19/h2-13,22-23H,14-15H2,1H3. The van der Waals surface area contributed by atoms with Gasteiger partial charge in [-0.2, -0.15) is 0 Å². The van der Waals surface area contributed by atoms with E-state index in [2.05, 4.69) is 42.6 Å². The molecule has 0 unspecified atom stereocenters. The van der Waals surface area contributed by atoms with Crippen LogP contribution in [0.15, 0.2) is 72.8 Å². The highest BCUT2D eigenvalue weighted by Gasteiger charge is 2.04. The zero-order valence-electron chi connectivity index (χ0n) is 13.7. The molecule has 2 N–H and O–H groups in total. The summed E-state index contributed by atoms with van der Waals surface area (Å²) in [4.78, 5) is 0. The smallest absolute Gasteiger partial charge is 0.124 e. The number of hydrogen-bond donors (Lipinski definition) is 2. The van der Waals surface area contributed by atoms with Crippen molar-refractivity contribution in [2.75, 3.05) is 5.32 Å². The molecule has 0 aliphatic rings. The SMILES string of the molecule is Cc1ccc(COc2ccccc2CNc2ccc(O)cc2)cc1. The summed E-state index contributed by atoms with van der Waals surface area (Å²) < 4.78 is 5.99. The lowest BCUT2D eigenvalue weighted by atomic mass is 10.1. The molecule has 0 bridgehead atoms. The quantitative estimate of drug-likeness (QED) is 0.636. The lowest BCUT2D eigenvalue weighted by Crippen LogP contribution is -2.03. The van der Waals surface area contributed by atoms with Crippen LogP contribution in [0.4, 0.5) is 5.69 Å². The summed E-state index contributed by atoms with van der Waals surface area (Å²) in [7, 11) is 0. The third-order valence-corrected chi connectivity index (χ3v) is 3.84. The number of aromatic hydroxyl groups is 1. The molecule has 3 rings (SSSR count). The van der Waals surface area contributed by atoms with Crippen LogP contribution in [0, 0.1) is 6.92 Å². The molecule has 0 spiro atoms. The van der Waals surface area contributed by atoms with Gasteiger partial charge in [0.25, 0.3) is 0 Å². The first kappa shape index (κ1) is 15.9. The van der Waals surface area contributed by atoms with Crippen LogP contribution in [0.5, 0.6) is 11.5 Å². The molecule has 122 valence electrons. The lowest BCUT2D eigenvalue weighted by Gasteiger charge is -2.13. The van der Waals surface area contributed by atoms with Gasteiger partial charge in [0.05, 0.1) is 0 Å². The number of ether oxygens (including phenoxy) is 1. The first-order valence-corrected chi connectivity index (χ1v) is 8.00. The van der Waals surface area contributed by atoms with Gasteiger partial charge in [-0.15, -0.1) is 0 Å². The molecule has 0 amide bonds. The highest BCUT2D eigenvalue weighted by Crippen LogP contribution is 2.21. The molecule has 0 fully saturated rings. The van der Waals surface area contributed by atoms with E-state index in [9.17, 15) is 5.11 Å². The number of rotatable bonds is 6. The summed E-state index contributed by atoms with van der Waals surface area (Å²) in [6.45, 7) is 3.29. The molecule has 0 saturated carbocycles. The van der Waals surface area contributed by atoms with E-state index in [1.807, 2.05) is 30.3 Å². The molecule has 3 heteroatoms. The van der Waals surface area contributed by atoms with Crippen molar-refractivity contribution in [1.82, 2.24) is 0 Å². The van der Waals surface area contributed by atoms with Crippen molar-refractivity contribution >= 4 is 5.69 Å². The first-order chi connectivity index (χ1) is 11.7. The molecule has 0 atom stereocenters. The predicted octanol–water partition coefficient (Wildman–Crippen LogP) is 4.89. The number of anilines is 1. The van der Waals surface area contributed by atoms with E-state index in [-0.39, 0.29) is 5.75 Å². The van der Waals surface area contributed by atoms with E-state index < -0.39 is 0 Å². The van der Waals surface area contributed by atoms with Gasteiger partial charge in [0.1, 0.15) is 18.1 Å². The molecule has 3 aromatic rings. The largest absolute Gasteiger partial charge is 0.508 e. The van der Waals surface area contributed by atoms with Crippen LogP contribution in [0.3, 0.4) is 0 Å². The van der Waals surface area contributed by atoms with Crippen LogP contribution < -0.4 is 10.1 Å². The highest BCUT2D eigenvalue weighted by atomic mass is 16.5. The number of nitrogens with one attached hydrogen (secondary N) is 1. The Hall–Kier alpha value is -2.94. The molecule has 0 aromatic heterocycles. The summed E-state index contributed by atoms with van der Waals surface area (Å²) in [6.07, 6.45) is 0. The molecule has 0 aliphatic carbocycles. The van der Waals surface area contributed by atoms with E-state index in [1.165, 1.54) is 5.56 Å². The van der Waals surface area contributed by atoms with Gasteiger partial charge in [0, 0.05) is 17.8 Å². The monoisotopic (exact) mass is 319 g/mol. The Labute approximate surface area is 142 Å². The van der Waals surface area contributed by atoms with Crippen molar-refractivity contribution < 1.29 is 9.84 Å². The normalized spacial score (nSPS) is 10.4. The van der Waals surface area contributed by atoms with Gasteiger partial charge in [0.15, 0.2) is 0 Å². The Balaban J connectivity index is 1.64. The zero-order chi connectivity index (χ0) is 16.8. The molecule has 0 heterocycles. The van der Waals surface area contributed by atoms with E-state index in [1.54, 1.807) is 12.1 Å². The van der Waals surface area contributed by atoms with Gasteiger partial charge in [-0.05, 0) is 42.8 Å². The lowest BCUT2D eigenvalue weighted by molar-refractivity contribution is 0.303. The van der Waals surface area contributed by atoms with Gasteiger partial charge in [-0.3, -0.25) is 0 Å². The number of phenolic OH excluding ortho intramolecular Hbond substituents is 1. The van der Waals surface area contributed by atoms with Gasteiger partial charge < -0.3 is 15.2 Å². The summed E-state index contributed by atoms with van der Waals surface area (Å²) in [5.41, 5.74) is 4.46. The maximum atomic E-state index is 9.33. The minimum Gasteiger partial charge on any atom is -0.508 e. The van der Waals surface area contributed by atoms with Crippen LogP contribution in [0.2, 0.25) is 0 Å². The molecule has 3 aromatic carbocycles. The molecular formula is C21H21NO2. The Kier molecular flexibility index (Phi) is 5.02. The number of aryl methyl sites for hydroxylation is 1. The minimum atomic E-state index is 0.266. The second-order valence-corrected chi connectivity index (χ2v) is 5.78. The molecular weight excluding hydrogens is 298 g/mol. The van der Waals surface area contributed by atoms with Crippen molar-refractivity contribution in [3.05, 3.63) is 89.5 Å². The van der Waals surface area contributed by atoms with Crippen LogP contribution in [0.1, 0.15) is 16.7 Å². The second kappa shape index (κ2) is 7.55. The minimum absolute atomic E-state index is 0.266. The molecule has 24 heavy (non-hydrogen) atoms. The van der Waals surface area contributed by atoms with E-state index in [4.69, 9.17) is 4.74 Å². The average Bonchev–Trinajstić information content (AvgIpc) is 2.61. The first-order valence-electron chi connectivity index (χ1n) is 8.00. The Morgan fingerprint density at radius 3 is 2.33 bits per heavy atom. The summed E-state index contributed by atoms with van der Waals surface area (Å²) in [5, 5.41) is 12.7. The Morgan fingerprint density at radius 1 is 0.875 bits per heavy atom. The summed E-state index contributed by atoms with van der Waals surface area (Å²) in [5.74, 6) is 1.15. The van der Waals surface area contributed by atoms with E-state index in [0.717, 1.165) is 22.6 Å². The fourth-order valence-corrected chi connectivity index (χ4v) is 2.41. The fourth-order valence-electron chi connectivity index (χ4n) is 2.41. The molecule has 0 radical (unpaired) electrons. The summed E-state index contributed by atoms with van der Waals surface area (Å²) >= 11 is 0. The van der Waals surface area contributed by atoms with Gasteiger partial charge >= 0.3 is 0 Å². The number of benzene rings is 3. The maximum Gasteiger partial charge on any atom is 0.124 e. The maximum absolute atomic E-state index is 9.33. The zero-order valence-corrected chi connectivity index (χ0v) is 13.7. The van der Waals surface area contributed by atoms with Crippen LogP contribution >= 0.6 is 0 Å². The van der Waals surface area contributed by atoms with Gasteiger partial charge in [-0.1, -0.05) is 48.0 Å². The topological polar surface area (TPSA) is 41.5 Å². The summed E-state index contributed by atoms with van der Waals surface area (Å²) in [6, 6.07) is 23.4. The predicted molar refractivity (Wildman–Crippen MR) is 97.4 cm³/mol. The average molecular weight is 319 g/mol. The number of para-hydroxylation sites is 1. The second-order valence-electron chi connectivity index (χ2n) is 5.78. The van der Waals surface area contributed by atoms with Crippen molar-refractivity contribution in [2.24, 2.45) is 0 Å². The fraction of sp³-hybridized carbons (Fsp3) is 0.143. The van der Waals surface area contributed by atoms with Crippen LogP contribution in [0.25, 0.3) is 0 Å². The number of hydrogen-bond acceptors (Lipinski definition) is 3.